The fraction of sp³-hybridized carbons (Fsp3) is 0.0625. The largest absolute Gasteiger partial charge is 0.267 e. The molecule has 1 heterocycles. The van der Waals surface area contributed by atoms with Gasteiger partial charge < -0.3 is 0 Å². The monoisotopic (exact) mass is 372 g/mol. The second kappa shape index (κ2) is 6.48. The second-order valence-electron chi connectivity index (χ2n) is 4.76. The maximum absolute atomic E-state index is 13.4. The van der Waals surface area contributed by atoms with Gasteiger partial charge in [0.05, 0.1) is 28.2 Å². The lowest BCUT2D eigenvalue weighted by Gasteiger charge is -2.12. The van der Waals surface area contributed by atoms with Crippen molar-refractivity contribution in [3.05, 3.63) is 69.3 Å². The van der Waals surface area contributed by atoms with Gasteiger partial charge in [-0.1, -0.05) is 46.9 Å². The van der Waals surface area contributed by atoms with Crippen LogP contribution in [0, 0.1) is 0 Å². The van der Waals surface area contributed by atoms with Crippen LogP contribution in [0.2, 0.25) is 15.1 Å². The molecule has 0 spiro atoms. The van der Waals surface area contributed by atoms with Crippen LogP contribution < -0.4 is 0 Å². The van der Waals surface area contributed by atoms with Crippen molar-refractivity contribution >= 4 is 34.8 Å². The first-order chi connectivity index (χ1) is 11.0. The molecule has 0 atom stereocenters. The van der Waals surface area contributed by atoms with Gasteiger partial charge in [-0.15, -0.1) is 0 Å². The predicted molar refractivity (Wildman–Crippen MR) is 89.0 cm³/mol. The Morgan fingerprint density at radius 2 is 1.57 bits per heavy atom. The highest BCUT2D eigenvalue weighted by atomic mass is 35.5. The van der Waals surface area contributed by atoms with Crippen LogP contribution in [0.1, 0.15) is 12.0 Å². The van der Waals surface area contributed by atoms with Gasteiger partial charge in [0.25, 0.3) is 6.43 Å². The topological polar surface area (TPSA) is 17.8 Å². The zero-order valence-corrected chi connectivity index (χ0v) is 13.7. The Bertz CT molecular complexity index is 845. The third kappa shape index (κ3) is 3.20. The highest BCUT2D eigenvalue weighted by molar-refractivity contribution is 6.35. The van der Waals surface area contributed by atoms with E-state index in [1.807, 2.05) is 0 Å². The first-order valence-electron chi connectivity index (χ1n) is 6.55. The van der Waals surface area contributed by atoms with Crippen LogP contribution >= 0.6 is 34.8 Å². The minimum Gasteiger partial charge on any atom is -0.231 e. The molecule has 0 aliphatic carbocycles. The van der Waals surface area contributed by atoms with E-state index < -0.39 is 6.43 Å². The van der Waals surface area contributed by atoms with Gasteiger partial charge in [-0.2, -0.15) is 5.10 Å². The van der Waals surface area contributed by atoms with Crippen molar-refractivity contribution in [3.8, 4) is 16.9 Å². The normalized spacial score (nSPS) is 11.2. The van der Waals surface area contributed by atoms with Crippen molar-refractivity contribution in [2.24, 2.45) is 0 Å². The van der Waals surface area contributed by atoms with Crippen LogP contribution in [0.15, 0.2) is 48.7 Å². The Labute approximate surface area is 146 Å². The van der Waals surface area contributed by atoms with E-state index in [1.54, 1.807) is 36.4 Å². The maximum Gasteiger partial charge on any atom is 0.267 e. The Hall–Kier alpha value is -1.62. The average molecular weight is 374 g/mol. The highest BCUT2D eigenvalue weighted by Gasteiger charge is 2.22. The number of aromatic nitrogens is 2. The Morgan fingerprint density at radius 1 is 0.913 bits per heavy atom. The summed E-state index contributed by atoms with van der Waals surface area (Å²) < 4.78 is 28.1. The number of halogens is 5. The van der Waals surface area contributed by atoms with Crippen LogP contribution in [0.3, 0.4) is 0 Å². The van der Waals surface area contributed by atoms with E-state index in [-0.39, 0.29) is 11.3 Å². The van der Waals surface area contributed by atoms with Crippen LogP contribution in [0.5, 0.6) is 0 Å². The molecule has 2 nitrogen and oxygen atoms in total. The third-order valence-electron chi connectivity index (χ3n) is 3.29. The van der Waals surface area contributed by atoms with Crippen molar-refractivity contribution in [3.63, 3.8) is 0 Å². The molecule has 0 unspecified atom stereocenters. The molecule has 0 radical (unpaired) electrons. The number of alkyl halides is 2. The minimum absolute atomic E-state index is 0.182. The molecule has 1 aromatic heterocycles. The Kier molecular flexibility index (Phi) is 4.57. The number of hydrogen-bond acceptors (Lipinski definition) is 1. The number of benzene rings is 2. The smallest absolute Gasteiger partial charge is 0.231 e. The van der Waals surface area contributed by atoms with Crippen LogP contribution in [-0.2, 0) is 0 Å². The summed E-state index contributed by atoms with van der Waals surface area (Å²) in [6, 6.07) is 11.4. The van der Waals surface area contributed by atoms with Crippen LogP contribution in [0.4, 0.5) is 8.78 Å². The molecule has 0 fully saturated rings. The third-order valence-corrected chi connectivity index (χ3v) is 4.08. The average Bonchev–Trinajstić information content (AvgIpc) is 2.93. The second-order valence-corrected chi connectivity index (χ2v) is 6.04. The van der Waals surface area contributed by atoms with Crippen LogP contribution in [0.25, 0.3) is 16.9 Å². The van der Waals surface area contributed by atoms with Gasteiger partial charge in [0, 0.05) is 15.6 Å². The molecular weight excluding hydrogens is 365 g/mol. The molecule has 7 heteroatoms. The van der Waals surface area contributed by atoms with E-state index in [9.17, 15) is 8.78 Å². The molecule has 3 aromatic rings. The fourth-order valence-corrected chi connectivity index (χ4v) is 2.87. The molecule has 23 heavy (non-hydrogen) atoms. The van der Waals surface area contributed by atoms with Crippen LogP contribution in [-0.4, -0.2) is 9.78 Å². The molecule has 0 saturated carbocycles. The zero-order valence-electron chi connectivity index (χ0n) is 11.5. The van der Waals surface area contributed by atoms with Gasteiger partial charge in [-0.3, -0.25) is 0 Å². The molecule has 0 N–H and O–H groups in total. The number of hydrogen-bond donors (Lipinski definition) is 0. The minimum atomic E-state index is -2.67. The van der Waals surface area contributed by atoms with Gasteiger partial charge >= 0.3 is 0 Å². The SMILES string of the molecule is FC(F)c1cnn(-c2ccc(Cl)cc2Cl)c1-c1ccc(Cl)cc1. The van der Waals surface area contributed by atoms with E-state index in [4.69, 9.17) is 34.8 Å². The molecule has 118 valence electrons. The lowest BCUT2D eigenvalue weighted by molar-refractivity contribution is 0.152. The molecule has 0 aliphatic rings. The van der Waals surface area contributed by atoms with Gasteiger partial charge in [0.1, 0.15) is 0 Å². The molecule has 0 aliphatic heterocycles. The molecule has 2 aromatic carbocycles. The van der Waals surface area contributed by atoms with Crippen molar-refractivity contribution in [1.82, 2.24) is 9.78 Å². The first kappa shape index (κ1) is 16.2. The summed E-state index contributed by atoms with van der Waals surface area (Å²) in [5.41, 5.74) is 1.11. The van der Waals surface area contributed by atoms with Crippen molar-refractivity contribution in [2.75, 3.05) is 0 Å². The van der Waals surface area contributed by atoms with Crippen molar-refractivity contribution in [1.29, 1.82) is 0 Å². The van der Waals surface area contributed by atoms with Gasteiger partial charge in [-0.25, -0.2) is 13.5 Å². The molecule has 0 amide bonds. The Morgan fingerprint density at radius 3 is 2.17 bits per heavy atom. The molecule has 0 bridgehead atoms. The summed E-state index contributed by atoms with van der Waals surface area (Å²) in [5.74, 6) is 0. The quantitative estimate of drug-likeness (QED) is 0.517. The van der Waals surface area contributed by atoms with E-state index >= 15 is 0 Å². The number of rotatable bonds is 3. The lowest BCUT2D eigenvalue weighted by Crippen LogP contribution is -2.01. The van der Waals surface area contributed by atoms with E-state index in [1.165, 1.54) is 10.7 Å². The first-order valence-corrected chi connectivity index (χ1v) is 7.68. The Balaban J connectivity index is 2.24. The predicted octanol–water partition coefficient (Wildman–Crippen LogP) is 6.44. The highest BCUT2D eigenvalue weighted by Crippen LogP contribution is 2.35. The van der Waals surface area contributed by atoms with Gasteiger partial charge in [0.15, 0.2) is 0 Å². The van der Waals surface area contributed by atoms with Gasteiger partial charge in [0.2, 0.25) is 0 Å². The van der Waals surface area contributed by atoms with Crippen molar-refractivity contribution in [2.45, 2.75) is 6.43 Å². The fourth-order valence-electron chi connectivity index (χ4n) is 2.25. The summed E-state index contributed by atoms with van der Waals surface area (Å²) >= 11 is 17.9. The molecular formula is C16H9Cl3F2N2. The molecule has 0 saturated heterocycles. The van der Waals surface area contributed by atoms with Crippen molar-refractivity contribution < 1.29 is 8.78 Å². The number of nitrogens with zero attached hydrogens (tertiary/aromatic N) is 2. The summed E-state index contributed by atoms with van der Waals surface area (Å²) in [7, 11) is 0. The van der Waals surface area contributed by atoms with Gasteiger partial charge in [-0.05, 0) is 30.3 Å². The summed E-state index contributed by atoms with van der Waals surface area (Å²) in [4.78, 5) is 0. The van der Waals surface area contributed by atoms with E-state index in [0.29, 0.717) is 26.3 Å². The maximum atomic E-state index is 13.4. The van der Waals surface area contributed by atoms with E-state index in [0.717, 1.165) is 6.20 Å². The summed E-state index contributed by atoms with van der Waals surface area (Å²) in [6.07, 6.45) is -1.53. The summed E-state index contributed by atoms with van der Waals surface area (Å²) in [5, 5.41) is 5.36. The molecule has 3 rings (SSSR count). The standard InChI is InChI=1S/C16H9Cl3F2N2/c17-10-3-1-9(2-4-10)15-12(16(20)21)8-22-23(15)14-6-5-11(18)7-13(14)19/h1-8,16H. The summed E-state index contributed by atoms with van der Waals surface area (Å²) in [6.45, 7) is 0. The lowest BCUT2D eigenvalue weighted by atomic mass is 10.1. The van der Waals surface area contributed by atoms with E-state index in [2.05, 4.69) is 5.10 Å². The zero-order chi connectivity index (χ0) is 16.6.